The molecule has 1 saturated carbocycles. The summed E-state index contributed by atoms with van der Waals surface area (Å²) >= 11 is 0. The van der Waals surface area contributed by atoms with Crippen molar-refractivity contribution in [3.8, 4) is 0 Å². The molecule has 1 N–H and O–H groups in total. The van der Waals surface area contributed by atoms with E-state index in [4.69, 9.17) is 4.42 Å². The van der Waals surface area contributed by atoms with Gasteiger partial charge in [0.15, 0.2) is 0 Å². The van der Waals surface area contributed by atoms with Crippen LogP contribution in [0.1, 0.15) is 43.8 Å². The Morgan fingerprint density at radius 3 is 2.57 bits per heavy atom. The van der Waals surface area contributed by atoms with E-state index in [-0.39, 0.29) is 0 Å². The second kappa shape index (κ2) is 6.51. The van der Waals surface area contributed by atoms with Gasteiger partial charge in [-0.05, 0) is 45.2 Å². The van der Waals surface area contributed by atoms with Gasteiger partial charge < -0.3 is 9.73 Å². The third-order valence-electron chi connectivity index (χ3n) is 4.72. The van der Waals surface area contributed by atoms with E-state index in [1.165, 1.54) is 31.5 Å². The molecule has 2 fully saturated rings. The molecular weight excluding hydrogens is 262 g/mol. The molecule has 1 aromatic heterocycles. The molecule has 118 valence electrons. The average molecular weight is 291 g/mol. The van der Waals surface area contributed by atoms with Gasteiger partial charge >= 0.3 is 0 Å². The molecule has 1 saturated heterocycles. The number of aryl methyl sites for hydroxylation is 1. The minimum atomic E-state index is 0.665. The van der Waals surface area contributed by atoms with Crippen molar-refractivity contribution in [2.75, 3.05) is 26.2 Å². The Labute approximate surface area is 128 Å². The van der Waals surface area contributed by atoms with Crippen molar-refractivity contribution in [1.29, 1.82) is 0 Å². The third-order valence-corrected chi connectivity index (χ3v) is 4.72. The molecule has 1 aromatic rings. The molecule has 4 heteroatoms. The highest BCUT2D eigenvalue weighted by Gasteiger charge is 2.22. The fourth-order valence-electron chi connectivity index (χ4n) is 3.03. The molecule has 1 aliphatic carbocycles. The van der Waals surface area contributed by atoms with E-state index >= 15 is 0 Å². The van der Waals surface area contributed by atoms with E-state index in [9.17, 15) is 0 Å². The van der Waals surface area contributed by atoms with Crippen LogP contribution in [0.4, 0.5) is 0 Å². The van der Waals surface area contributed by atoms with E-state index in [1.807, 2.05) is 0 Å². The number of furan rings is 1. The number of hydrogen-bond acceptors (Lipinski definition) is 4. The van der Waals surface area contributed by atoms with Gasteiger partial charge in [-0.3, -0.25) is 9.80 Å². The van der Waals surface area contributed by atoms with Gasteiger partial charge in [0, 0.05) is 38.3 Å². The highest BCUT2D eigenvalue weighted by atomic mass is 16.3. The fourth-order valence-corrected chi connectivity index (χ4v) is 3.03. The minimum Gasteiger partial charge on any atom is -0.463 e. The van der Waals surface area contributed by atoms with Crippen LogP contribution < -0.4 is 5.32 Å². The summed E-state index contributed by atoms with van der Waals surface area (Å²) in [7, 11) is 0. The standard InChI is InChI=1S/C17H29N3O/c1-13(2)20-8-6-19(7-9-20)12-16-10-14(3)17(21-16)11-18-15-4-5-15/h10,13,15,18H,4-9,11-12H2,1-3H3. The predicted molar refractivity (Wildman–Crippen MR) is 85.3 cm³/mol. The van der Waals surface area contributed by atoms with Crippen LogP contribution in [0.25, 0.3) is 0 Å². The lowest BCUT2D eigenvalue weighted by atomic mass is 10.2. The summed E-state index contributed by atoms with van der Waals surface area (Å²) in [5.74, 6) is 2.25. The van der Waals surface area contributed by atoms with E-state index in [0.29, 0.717) is 6.04 Å². The van der Waals surface area contributed by atoms with Gasteiger partial charge in [0.1, 0.15) is 11.5 Å². The smallest absolute Gasteiger partial charge is 0.120 e. The van der Waals surface area contributed by atoms with Gasteiger partial charge in [-0.15, -0.1) is 0 Å². The van der Waals surface area contributed by atoms with E-state index in [2.05, 4.69) is 42.0 Å². The van der Waals surface area contributed by atoms with Crippen LogP contribution in [0.2, 0.25) is 0 Å². The lowest BCUT2D eigenvalue weighted by Crippen LogP contribution is -2.48. The highest BCUT2D eigenvalue weighted by molar-refractivity contribution is 5.20. The van der Waals surface area contributed by atoms with E-state index in [0.717, 1.165) is 43.7 Å². The molecule has 2 aliphatic rings. The van der Waals surface area contributed by atoms with Crippen LogP contribution in [-0.2, 0) is 13.1 Å². The number of piperazine rings is 1. The summed E-state index contributed by atoms with van der Waals surface area (Å²) in [6, 6.07) is 3.62. The summed E-state index contributed by atoms with van der Waals surface area (Å²) in [5.41, 5.74) is 1.29. The molecule has 1 aliphatic heterocycles. The Morgan fingerprint density at radius 2 is 1.95 bits per heavy atom. The first-order chi connectivity index (χ1) is 10.1. The molecule has 4 nitrogen and oxygen atoms in total. The largest absolute Gasteiger partial charge is 0.463 e. The summed E-state index contributed by atoms with van der Waals surface area (Å²) in [6.07, 6.45) is 2.65. The molecule has 0 spiro atoms. The van der Waals surface area contributed by atoms with Crippen LogP contribution in [0.15, 0.2) is 10.5 Å². The first kappa shape index (κ1) is 15.1. The molecule has 0 bridgehead atoms. The maximum Gasteiger partial charge on any atom is 0.120 e. The van der Waals surface area contributed by atoms with Crippen molar-refractivity contribution < 1.29 is 4.42 Å². The second-order valence-corrected chi connectivity index (χ2v) is 6.88. The predicted octanol–water partition coefficient (Wildman–Crippen LogP) is 2.37. The Kier molecular flexibility index (Phi) is 4.67. The van der Waals surface area contributed by atoms with Crippen molar-refractivity contribution in [2.45, 2.75) is 58.8 Å². The van der Waals surface area contributed by atoms with Crippen LogP contribution in [0, 0.1) is 6.92 Å². The molecular formula is C17H29N3O. The molecule has 0 unspecified atom stereocenters. The van der Waals surface area contributed by atoms with Gasteiger partial charge in [-0.25, -0.2) is 0 Å². The summed E-state index contributed by atoms with van der Waals surface area (Å²) in [5, 5.41) is 3.53. The lowest BCUT2D eigenvalue weighted by molar-refractivity contribution is 0.0987. The Balaban J connectivity index is 1.49. The molecule has 0 amide bonds. The van der Waals surface area contributed by atoms with Crippen molar-refractivity contribution in [3.05, 3.63) is 23.2 Å². The summed E-state index contributed by atoms with van der Waals surface area (Å²) in [4.78, 5) is 5.06. The fraction of sp³-hybridized carbons (Fsp3) is 0.765. The van der Waals surface area contributed by atoms with Crippen LogP contribution in [0.5, 0.6) is 0 Å². The Bertz CT molecular complexity index is 457. The molecule has 3 rings (SSSR count). The quantitative estimate of drug-likeness (QED) is 0.872. The average Bonchev–Trinajstić information content (AvgIpc) is 3.22. The molecule has 0 radical (unpaired) electrons. The van der Waals surface area contributed by atoms with E-state index in [1.54, 1.807) is 0 Å². The van der Waals surface area contributed by atoms with Crippen molar-refractivity contribution in [1.82, 2.24) is 15.1 Å². The molecule has 2 heterocycles. The summed E-state index contributed by atoms with van der Waals surface area (Å²) < 4.78 is 6.05. The maximum absolute atomic E-state index is 6.05. The molecule has 0 atom stereocenters. The van der Waals surface area contributed by atoms with Gasteiger partial charge in [0.05, 0.1) is 13.1 Å². The monoisotopic (exact) mass is 291 g/mol. The first-order valence-corrected chi connectivity index (χ1v) is 8.40. The number of nitrogens with zero attached hydrogens (tertiary/aromatic N) is 2. The Hall–Kier alpha value is -0.840. The minimum absolute atomic E-state index is 0.665. The highest BCUT2D eigenvalue weighted by Crippen LogP contribution is 2.22. The topological polar surface area (TPSA) is 31.6 Å². The van der Waals surface area contributed by atoms with Crippen molar-refractivity contribution >= 4 is 0 Å². The SMILES string of the molecule is Cc1cc(CN2CCN(C(C)C)CC2)oc1CNC1CC1. The van der Waals surface area contributed by atoms with Gasteiger partial charge in [-0.1, -0.05) is 0 Å². The van der Waals surface area contributed by atoms with Crippen molar-refractivity contribution in [2.24, 2.45) is 0 Å². The second-order valence-electron chi connectivity index (χ2n) is 6.88. The first-order valence-electron chi connectivity index (χ1n) is 8.40. The number of hydrogen-bond donors (Lipinski definition) is 1. The Morgan fingerprint density at radius 1 is 1.24 bits per heavy atom. The normalized spacial score (nSPS) is 21.3. The van der Waals surface area contributed by atoms with Gasteiger partial charge in [-0.2, -0.15) is 0 Å². The van der Waals surface area contributed by atoms with Crippen LogP contribution in [-0.4, -0.2) is 48.1 Å². The molecule has 21 heavy (non-hydrogen) atoms. The number of rotatable bonds is 6. The van der Waals surface area contributed by atoms with Gasteiger partial charge in [0.2, 0.25) is 0 Å². The maximum atomic E-state index is 6.05. The summed E-state index contributed by atoms with van der Waals surface area (Å²) in [6.45, 7) is 13.2. The van der Waals surface area contributed by atoms with Crippen LogP contribution in [0.3, 0.4) is 0 Å². The van der Waals surface area contributed by atoms with Crippen LogP contribution >= 0.6 is 0 Å². The third kappa shape index (κ3) is 4.09. The lowest BCUT2D eigenvalue weighted by Gasteiger charge is -2.36. The zero-order chi connectivity index (χ0) is 14.8. The van der Waals surface area contributed by atoms with E-state index < -0.39 is 0 Å². The zero-order valence-corrected chi connectivity index (χ0v) is 13.7. The van der Waals surface area contributed by atoms with Gasteiger partial charge in [0.25, 0.3) is 0 Å². The zero-order valence-electron chi connectivity index (χ0n) is 13.7. The number of nitrogens with one attached hydrogen (secondary N) is 1. The molecule has 0 aromatic carbocycles. The van der Waals surface area contributed by atoms with Crippen molar-refractivity contribution in [3.63, 3.8) is 0 Å².